The molecule has 2 fully saturated rings. The molecule has 15 nitrogen and oxygen atoms in total. The van der Waals surface area contributed by atoms with E-state index >= 15 is 0 Å². The number of carbonyl (C=O) groups is 2. The fourth-order valence-electron chi connectivity index (χ4n) is 7.28. The van der Waals surface area contributed by atoms with E-state index in [0.717, 1.165) is 38.5 Å². The van der Waals surface area contributed by atoms with Crippen molar-refractivity contribution in [2.45, 2.75) is 235 Å². The van der Waals surface area contributed by atoms with E-state index < -0.39 is 92.7 Å². The minimum absolute atomic E-state index is 0.171. The Hall–Kier alpha value is -1.50. The van der Waals surface area contributed by atoms with E-state index in [2.05, 4.69) is 13.8 Å². The lowest BCUT2D eigenvalue weighted by atomic mass is 9.98. The largest absolute Gasteiger partial charge is 0.462 e. The zero-order chi connectivity index (χ0) is 42.5. The predicted octanol–water partition coefficient (Wildman–Crippen LogP) is 4.48. The number of esters is 2. The van der Waals surface area contributed by atoms with Gasteiger partial charge in [0.25, 0.3) is 0 Å². The summed E-state index contributed by atoms with van der Waals surface area (Å²) in [5, 5.41) is 71.7. The summed E-state index contributed by atoms with van der Waals surface area (Å²) in [5.74, 6) is -0.919. The highest BCUT2D eigenvalue weighted by Crippen LogP contribution is 2.26. The molecule has 0 aromatic carbocycles. The summed E-state index contributed by atoms with van der Waals surface area (Å²) in [6, 6.07) is 0. The number of aliphatic hydroxyl groups excluding tert-OH is 7. The molecule has 2 aliphatic rings. The van der Waals surface area contributed by atoms with E-state index in [1.54, 1.807) is 0 Å². The Labute approximate surface area is 347 Å². The first-order valence-corrected chi connectivity index (χ1v) is 22.6. The average Bonchev–Trinajstić information content (AvgIpc) is 3.21. The van der Waals surface area contributed by atoms with Crippen LogP contribution >= 0.6 is 0 Å². The lowest BCUT2D eigenvalue weighted by molar-refractivity contribution is -0.332. The van der Waals surface area contributed by atoms with Crippen LogP contribution in [0.1, 0.15) is 168 Å². The van der Waals surface area contributed by atoms with Crippen molar-refractivity contribution < 1.29 is 73.8 Å². The minimum Gasteiger partial charge on any atom is -0.462 e. The number of hydrogen-bond acceptors (Lipinski definition) is 15. The molecule has 0 saturated carbocycles. The Balaban J connectivity index is 1.86. The molecule has 2 saturated heterocycles. The molecular formula is C43H80O15. The zero-order valence-corrected chi connectivity index (χ0v) is 35.5. The second-order valence-corrected chi connectivity index (χ2v) is 16.2. The fraction of sp³-hybridized carbons (Fsp3) is 0.953. The standard InChI is InChI=1S/C43H80O15/c1-3-5-7-9-11-13-15-16-18-19-21-23-25-34(45)53-28-31(56-35(46)26-24-22-20-17-14-12-10-8-6-4-2)29-54-42-41(52)39(50)37(48)33(58-42)30-55-43-40(51)38(49)36(47)32(27-44)57-43/h31-33,36-44,47-52H,3-30H2,1-2H3/t31-,32-,33-,36+,37+,38?,39?,40?,41?,42-,43-/m1/s1. The van der Waals surface area contributed by atoms with Gasteiger partial charge >= 0.3 is 11.9 Å². The van der Waals surface area contributed by atoms with Crippen molar-refractivity contribution >= 4 is 11.9 Å². The van der Waals surface area contributed by atoms with Gasteiger partial charge in [-0.15, -0.1) is 0 Å². The molecule has 0 aromatic heterocycles. The third-order valence-corrected chi connectivity index (χ3v) is 11.1. The van der Waals surface area contributed by atoms with E-state index in [0.29, 0.717) is 12.8 Å². The van der Waals surface area contributed by atoms with Gasteiger partial charge in [0.05, 0.1) is 19.8 Å². The van der Waals surface area contributed by atoms with Gasteiger partial charge in [-0.1, -0.05) is 142 Å². The maximum atomic E-state index is 12.9. The molecule has 2 aliphatic heterocycles. The summed E-state index contributed by atoms with van der Waals surface area (Å²) >= 11 is 0. The molecular weight excluding hydrogens is 756 g/mol. The smallest absolute Gasteiger partial charge is 0.306 e. The molecule has 7 N–H and O–H groups in total. The van der Waals surface area contributed by atoms with Gasteiger partial charge in [0.15, 0.2) is 18.7 Å². The van der Waals surface area contributed by atoms with E-state index in [4.69, 9.17) is 28.4 Å². The highest BCUT2D eigenvalue weighted by Gasteiger charge is 2.47. The molecule has 0 aliphatic carbocycles. The predicted molar refractivity (Wildman–Crippen MR) is 215 cm³/mol. The van der Waals surface area contributed by atoms with Crippen LogP contribution in [-0.4, -0.2) is 142 Å². The number of carbonyl (C=O) groups excluding carboxylic acids is 2. The van der Waals surface area contributed by atoms with Crippen LogP contribution in [-0.2, 0) is 38.0 Å². The van der Waals surface area contributed by atoms with Gasteiger partial charge in [0.1, 0.15) is 55.4 Å². The van der Waals surface area contributed by atoms with Crippen LogP contribution in [0, 0.1) is 0 Å². The zero-order valence-electron chi connectivity index (χ0n) is 35.5. The van der Waals surface area contributed by atoms with Crippen molar-refractivity contribution in [1.82, 2.24) is 0 Å². The highest BCUT2D eigenvalue weighted by molar-refractivity contribution is 5.70. The molecule has 4 unspecified atom stereocenters. The molecule has 0 aromatic rings. The van der Waals surface area contributed by atoms with Crippen molar-refractivity contribution in [2.75, 3.05) is 26.4 Å². The normalized spacial score (nSPS) is 28.0. The maximum Gasteiger partial charge on any atom is 0.306 e. The topological polar surface area (TPSA) is 231 Å². The molecule has 0 bridgehead atoms. The van der Waals surface area contributed by atoms with Crippen LogP contribution in [0.25, 0.3) is 0 Å². The average molecular weight is 837 g/mol. The minimum atomic E-state index is -1.76. The maximum absolute atomic E-state index is 12.9. The molecule has 2 rings (SSSR count). The number of rotatable bonds is 34. The van der Waals surface area contributed by atoms with Gasteiger partial charge < -0.3 is 64.2 Å². The van der Waals surface area contributed by atoms with Crippen LogP contribution in [0.2, 0.25) is 0 Å². The third-order valence-electron chi connectivity index (χ3n) is 11.1. The first kappa shape index (κ1) is 52.6. The molecule has 2 heterocycles. The number of unbranched alkanes of at least 4 members (excludes halogenated alkanes) is 20. The van der Waals surface area contributed by atoms with Gasteiger partial charge in [0.2, 0.25) is 0 Å². The van der Waals surface area contributed by atoms with Crippen molar-refractivity contribution in [1.29, 1.82) is 0 Å². The van der Waals surface area contributed by atoms with Crippen molar-refractivity contribution in [2.24, 2.45) is 0 Å². The summed E-state index contributed by atoms with van der Waals surface area (Å²) in [6.45, 7) is 2.56. The summed E-state index contributed by atoms with van der Waals surface area (Å²) in [5.41, 5.74) is 0. The van der Waals surface area contributed by atoms with E-state index in [9.17, 15) is 45.3 Å². The number of hydrogen-bond donors (Lipinski definition) is 7. The van der Waals surface area contributed by atoms with Crippen LogP contribution in [0.3, 0.4) is 0 Å². The molecule has 0 spiro atoms. The van der Waals surface area contributed by atoms with Gasteiger partial charge in [-0.05, 0) is 12.8 Å². The Morgan fingerprint density at radius 2 is 0.879 bits per heavy atom. The van der Waals surface area contributed by atoms with Gasteiger partial charge in [-0.25, -0.2) is 0 Å². The lowest BCUT2D eigenvalue weighted by Crippen LogP contribution is -2.61. The summed E-state index contributed by atoms with van der Waals surface area (Å²) in [4.78, 5) is 25.5. The third kappa shape index (κ3) is 21.3. The quantitative estimate of drug-likeness (QED) is 0.0350. The van der Waals surface area contributed by atoms with Crippen LogP contribution in [0.15, 0.2) is 0 Å². The SMILES string of the molecule is CCCCCCCCCCCCCCC(=O)OC[C@H](CO[C@@H]1O[C@H](CO[C@@H]2O[C@H](CO)[C@H](O)C(O)C2O)[C@H](O)C(O)C1O)OC(=O)CCCCCCCCCCCC. The Kier molecular flexibility index (Phi) is 29.3. The Bertz CT molecular complexity index is 1030. The number of ether oxygens (including phenoxy) is 6. The molecule has 342 valence electrons. The molecule has 15 heteroatoms. The molecule has 11 atom stereocenters. The molecule has 0 radical (unpaired) electrons. The molecule has 0 amide bonds. The van der Waals surface area contributed by atoms with Crippen molar-refractivity contribution in [3.63, 3.8) is 0 Å². The van der Waals surface area contributed by atoms with E-state index in [1.165, 1.54) is 89.9 Å². The van der Waals surface area contributed by atoms with E-state index in [-0.39, 0.29) is 26.1 Å². The highest BCUT2D eigenvalue weighted by atomic mass is 16.7. The van der Waals surface area contributed by atoms with E-state index in [1.807, 2.05) is 0 Å². The monoisotopic (exact) mass is 837 g/mol. The van der Waals surface area contributed by atoms with Crippen LogP contribution in [0.4, 0.5) is 0 Å². The summed E-state index contributed by atoms with van der Waals surface area (Å²) in [6.07, 6.45) is 8.69. The Morgan fingerprint density at radius 3 is 1.34 bits per heavy atom. The first-order valence-electron chi connectivity index (χ1n) is 22.6. The summed E-state index contributed by atoms with van der Waals surface area (Å²) in [7, 11) is 0. The van der Waals surface area contributed by atoms with Crippen molar-refractivity contribution in [3.8, 4) is 0 Å². The fourth-order valence-corrected chi connectivity index (χ4v) is 7.28. The Morgan fingerprint density at radius 1 is 0.483 bits per heavy atom. The van der Waals surface area contributed by atoms with Crippen LogP contribution in [0.5, 0.6) is 0 Å². The number of aliphatic hydroxyl groups is 7. The second-order valence-electron chi connectivity index (χ2n) is 16.2. The van der Waals surface area contributed by atoms with Gasteiger partial charge in [-0.3, -0.25) is 9.59 Å². The van der Waals surface area contributed by atoms with Crippen LogP contribution < -0.4 is 0 Å². The second kappa shape index (κ2) is 32.2. The lowest BCUT2D eigenvalue weighted by Gasteiger charge is -2.42. The summed E-state index contributed by atoms with van der Waals surface area (Å²) < 4.78 is 33.4. The molecule has 58 heavy (non-hydrogen) atoms. The van der Waals surface area contributed by atoms with Gasteiger partial charge in [0, 0.05) is 12.8 Å². The first-order chi connectivity index (χ1) is 28.0. The van der Waals surface area contributed by atoms with Crippen molar-refractivity contribution in [3.05, 3.63) is 0 Å². The van der Waals surface area contributed by atoms with Gasteiger partial charge in [-0.2, -0.15) is 0 Å².